The van der Waals surface area contributed by atoms with E-state index in [1.165, 1.54) is 33.8 Å². The van der Waals surface area contributed by atoms with Gasteiger partial charge in [0.25, 0.3) is 5.91 Å². The van der Waals surface area contributed by atoms with Crippen LogP contribution in [0, 0.1) is 0 Å². The molecule has 50 heavy (non-hydrogen) atoms. The standard InChI is InChI=1S/C35H36F2N5O7P/c1-21(43)41-17-16-27-13-15-31(34(46)40(2)26-11-8-23(9-12-26)22-6-4-3-5-7-22)42(27)33(45)30(20-41)39-32(44)29-19-24-18-25(10-14-28(24)38-29)35(36,37)50(47,48)49/h3-12,14,18-19,27,30-31,38H,13,15-17,20H2,1-2H3,(H,39,44)(H2,47,48,49)/t27-,30+,31+/m1/s1. The van der Waals surface area contributed by atoms with Crippen molar-refractivity contribution in [3.63, 3.8) is 0 Å². The summed E-state index contributed by atoms with van der Waals surface area (Å²) in [4.78, 5) is 79.8. The van der Waals surface area contributed by atoms with E-state index in [0.717, 1.165) is 23.3 Å². The molecule has 3 aromatic carbocycles. The molecule has 0 bridgehead atoms. The van der Waals surface area contributed by atoms with Gasteiger partial charge in [-0.2, -0.15) is 8.78 Å². The van der Waals surface area contributed by atoms with E-state index in [9.17, 15) is 32.5 Å². The van der Waals surface area contributed by atoms with Crippen LogP contribution in [0.5, 0.6) is 0 Å². The lowest BCUT2D eigenvalue weighted by Gasteiger charge is -2.39. The van der Waals surface area contributed by atoms with Crippen molar-refractivity contribution in [2.45, 2.75) is 50.0 Å². The molecule has 4 amide bonds. The summed E-state index contributed by atoms with van der Waals surface area (Å²) >= 11 is 0. The summed E-state index contributed by atoms with van der Waals surface area (Å²) in [5, 5.41) is 2.75. The Morgan fingerprint density at radius 2 is 1.64 bits per heavy atom. The number of carbonyl (C=O) groups is 4. The van der Waals surface area contributed by atoms with Gasteiger partial charge in [-0.3, -0.25) is 23.7 Å². The third kappa shape index (κ3) is 6.66. The zero-order valence-corrected chi connectivity index (χ0v) is 28.1. The van der Waals surface area contributed by atoms with E-state index in [1.54, 1.807) is 7.05 Å². The van der Waals surface area contributed by atoms with Gasteiger partial charge in [-0.05, 0) is 60.7 Å². The first-order valence-electron chi connectivity index (χ1n) is 16.0. The van der Waals surface area contributed by atoms with Crippen LogP contribution in [0.3, 0.4) is 0 Å². The number of likely N-dealkylation sites (N-methyl/N-ethyl adjacent to an activating group) is 1. The fourth-order valence-electron chi connectivity index (χ4n) is 6.72. The average molecular weight is 708 g/mol. The number of nitrogens with zero attached hydrogens (tertiary/aromatic N) is 3. The highest BCUT2D eigenvalue weighted by Gasteiger charge is 2.50. The molecule has 0 saturated carbocycles. The summed E-state index contributed by atoms with van der Waals surface area (Å²) in [6.07, 6.45) is 1.37. The lowest BCUT2D eigenvalue weighted by atomic mass is 10.1. The maximum Gasteiger partial charge on any atom is 0.399 e. The first-order valence-corrected chi connectivity index (χ1v) is 17.6. The summed E-state index contributed by atoms with van der Waals surface area (Å²) in [7, 11) is -4.17. The maximum absolute atomic E-state index is 14.3. The van der Waals surface area contributed by atoms with Gasteiger partial charge in [0.05, 0.1) is 0 Å². The van der Waals surface area contributed by atoms with Gasteiger partial charge >= 0.3 is 13.3 Å². The Morgan fingerprint density at radius 3 is 2.30 bits per heavy atom. The Kier molecular flexibility index (Phi) is 9.38. The molecule has 1 aromatic heterocycles. The lowest BCUT2D eigenvalue weighted by Crippen LogP contribution is -2.61. The second-order valence-electron chi connectivity index (χ2n) is 12.7. The summed E-state index contributed by atoms with van der Waals surface area (Å²) in [6, 6.07) is 19.0. The van der Waals surface area contributed by atoms with Crippen LogP contribution in [0.2, 0.25) is 0 Å². The monoisotopic (exact) mass is 707 g/mol. The molecule has 15 heteroatoms. The Hall–Kier alpha value is -4.91. The number of rotatable bonds is 7. The van der Waals surface area contributed by atoms with Crippen LogP contribution in [-0.4, -0.2) is 86.5 Å². The van der Waals surface area contributed by atoms with E-state index < -0.39 is 42.7 Å². The minimum atomic E-state index is -5.82. The Labute approximate surface area is 286 Å². The molecule has 0 radical (unpaired) electrons. The van der Waals surface area contributed by atoms with Crippen molar-refractivity contribution in [1.29, 1.82) is 0 Å². The molecule has 2 aliphatic rings. The predicted octanol–water partition coefficient (Wildman–Crippen LogP) is 4.44. The van der Waals surface area contributed by atoms with Crippen molar-refractivity contribution in [3.8, 4) is 11.1 Å². The number of nitrogens with one attached hydrogen (secondary N) is 2. The summed E-state index contributed by atoms with van der Waals surface area (Å²) in [6.45, 7) is 1.51. The molecule has 4 aromatic rings. The van der Waals surface area contributed by atoms with Crippen molar-refractivity contribution in [1.82, 2.24) is 20.1 Å². The second kappa shape index (κ2) is 13.4. The van der Waals surface area contributed by atoms with Gasteiger partial charge in [-0.15, -0.1) is 0 Å². The zero-order valence-electron chi connectivity index (χ0n) is 27.3. The normalized spacial score (nSPS) is 19.9. The van der Waals surface area contributed by atoms with Gasteiger partial charge in [-0.25, -0.2) is 0 Å². The average Bonchev–Trinajstić information content (AvgIpc) is 3.72. The minimum Gasteiger partial charge on any atom is -0.351 e. The molecule has 0 unspecified atom stereocenters. The van der Waals surface area contributed by atoms with Crippen molar-refractivity contribution >= 4 is 47.8 Å². The maximum atomic E-state index is 14.3. The number of H-pyrrole nitrogens is 1. The van der Waals surface area contributed by atoms with Crippen LogP contribution in [0.15, 0.2) is 78.9 Å². The minimum absolute atomic E-state index is 0.0836. The number of alkyl halides is 2. The van der Waals surface area contributed by atoms with E-state index in [-0.39, 0.29) is 41.0 Å². The highest BCUT2D eigenvalue weighted by atomic mass is 31.2. The number of anilines is 1. The van der Waals surface area contributed by atoms with Crippen molar-refractivity contribution in [2.24, 2.45) is 0 Å². The summed E-state index contributed by atoms with van der Waals surface area (Å²) < 4.78 is 40.1. The molecule has 262 valence electrons. The van der Waals surface area contributed by atoms with E-state index >= 15 is 0 Å². The zero-order chi connectivity index (χ0) is 36.0. The molecule has 12 nitrogen and oxygen atoms in total. The number of fused-ring (bicyclic) bond motifs is 2. The highest BCUT2D eigenvalue weighted by Crippen LogP contribution is 2.59. The number of amides is 4. The van der Waals surface area contributed by atoms with Gasteiger partial charge in [0.15, 0.2) is 0 Å². The smallest absolute Gasteiger partial charge is 0.351 e. The molecule has 3 atom stereocenters. The molecule has 4 N–H and O–H groups in total. The fourth-order valence-corrected chi connectivity index (χ4v) is 7.19. The number of benzene rings is 3. The van der Waals surface area contributed by atoms with E-state index in [0.29, 0.717) is 31.5 Å². The number of hydrogen-bond donors (Lipinski definition) is 4. The van der Waals surface area contributed by atoms with Gasteiger partial charge in [0, 0.05) is 55.3 Å². The molecule has 2 fully saturated rings. The lowest BCUT2D eigenvalue weighted by molar-refractivity contribution is -0.144. The van der Waals surface area contributed by atoms with Gasteiger partial charge in [0.1, 0.15) is 17.8 Å². The highest BCUT2D eigenvalue weighted by molar-refractivity contribution is 7.52. The van der Waals surface area contributed by atoms with Crippen LogP contribution in [0.1, 0.15) is 42.2 Å². The quantitative estimate of drug-likeness (QED) is 0.207. The molecule has 2 saturated heterocycles. The largest absolute Gasteiger partial charge is 0.399 e. The first kappa shape index (κ1) is 34.9. The first-order chi connectivity index (χ1) is 23.7. The summed E-state index contributed by atoms with van der Waals surface area (Å²) in [5.74, 6) is -1.89. The fraction of sp³-hybridized carbons (Fsp3) is 0.314. The van der Waals surface area contributed by atoms with Crippen molar-refractivity contribution in [3.05, 3.63) is 90.1 Å². The number of halogens is 2. The Morgan fingerprint density at radius 1 is 0.960 bits per heavy atom. The molecule has 0 spiro atoms. The van der Waals surface area contributed by atoms with E-state index in [2.05, 4.69) is 10.3 Å². The molecule has 0 aliphatic carbocycles. The van der Waals surface area contributed by atoms with Crippen molar-refractivity contribution in [2.75, 3.05) is 25.0 Å². The molecule has 3 heterocycles. The molecule has 2 aliphatic heterocycles. The number of aromatic nitrogens is 1. The third-order valence-corrected chi connectivity index (χ3v) is 10.5. The van der Waals surface area contributed by atoms with Crippen LogP contribution in [-0.2, 0) is 24.6 Å². The predicted molar refractivity (Wildman–Crippen MR) is 181 cm³/mol. The van der Waals surface area contributed by atoms with Crippen LogP contribution < -0.4 is 10.2 Å². The second-order valence-corrected chi connectivity index (χ2v) is 14.3. The van der Waals surface area contributed by atoms with E-state index in [1.807, 2.05) is 54.6 Å². The van der Waals surface area contributed by atoms with Gasteiger partial charge in [0.2, 0.25) is 17.7 Å². The summed E-state index contributed by atoms with van der Waals surface area (Å²) in [5.41, 5.74) is -2.58. The van der Waals surface area contributed by atoms with E-state index in [4.69, 9.17) is 9.79 Å². The number of hydrogen-bond acceptors (Lipinski definition) is 5. The van der Waals surface area contributed by atoms with Gasteiger partial charge in [-0.1, -0.05) is 48.5 Å². The molecular weight excluding hydrogens is 671 g/mol. The van der Waals surface area contributed by atoms with Gasteiger partial charge < -0.3 is 34.8 Å². The third-order valence-electron chi connectivity index (χ3n) is 9.50. The topological polar surface area (TPSA) is 163 Å². The molecule has 6 rings (SSSR count). The Balaban J connectivity index is 1.23. The van der Waals surface area contributed by atoms with Crippen LogP contribution in [0.25, 0.3) is 22.0 Å². The Bertz CT molecular complexity index is 2000. The number of aromatic amines is 1. The van der Waals surface area contributed by atoms with Crippen molar-refractivity contribution < 1.29 is 42.3 Å². The van der Waals surface area contributed by atoms with Crippen LogP contribution in [0.4, 0.5) is 14.5 Å². The number of carbonyl (C=O) groups excluding carboxylic acids is 4. The SMILES string of the molecule is CC(=O)N1CC[C@H]2CC[C@@H](C(=O)N(C)c3ccc(-c4ccccc4)cc3)N2C(=O)[C@@H](NC(=O)c2cc3cc(C(F)(F)P(=O)(O)O)ccc3[nH]2)C1. The molecular formula is C35H36F2N5O7P. The van der Waals surface area contributed by atoms with Crippen LogP contribution >= 0.6 is 7.60 Å².